The quantitative estimate of drug-likeness (QED) is 0.415. The average molecular weight is 226 g/mol. The highest BCUT2D eigenvalue weighted by molar-refractivity contribution is 6.50. The number of aryl methyl sites for hydroxylation is 1. The number of hydrogen-bond acceptors (Lipinski definition) is 0. The first-order chi connectivity index (χ1) is 6.68. The van der Waals surface area contributed by atoms with Gasteiger partial charge in [0.25, 0.3) is 0 Å². The number of hydrogen-bond donors (Lipinski definition) is 0. The van der Waals surface area contributed by atoms with Crippen LogP contribution in [0.3, 0.4) is 0 Å². The van der Waals surface area contributed by atoms with Crippen LogP contribution in [-0.4, -0.2) is 11.8 Å². The second kappa shape index (κ2) is 5.77. The SMILES string of the molecule is CC(C)Cn1cc[n+](C)c1.F[B-](F)(F)F. The van der Waals surface area contributed by atoms with Gasteiger partial charge in [-0.05, 0) is 5.92 Å². The Morgan fingerprint density at radius 3 is 2.00 bits per heavy atom. The van der Waals surface area contributed by atoms with Crippen LogP contribution in [0.15, 0.2) is 18.7 Å². The summed E-state index contributed by atoms with van der Waals surface area (Å²) in [4.78, 5) is 0. The fraction of sp³-hybridized carbons (Fsp3) is 0.625. The lowest BCUT2D eigenvalue weighted by molar-refractivity contribution is -0.671. The molecular formula is C8H15BF4N2. The maximum absolute atomic E-state index is 9.75. The van der Waals surface area contributed by atoms with E-state index in [1.54, 1.807) is 0 Å². The van der Waals surface area contributed by atoms with E-state index < -0.39 is 7.25 Å². The smallest absolute Gasteiger partial charge is 0.418 e. The summed E-state index contributed by atoms with van der Waals surface area (Å²) in [6.07, 6.45) is 6.25. The lowest BCUT2D eigenvalue weighted by Gasteiger charge is -1.97. The molecule has 1 heterocycles. The van der Waals surface area contributed by atoms with Gasteiger partial charge in [0.1, 0.15) is 12.4 Å². The van der Waals surface area contributed by atoms with Crippen molar-refractivity contribution in [3.05, 3.63) is 18.7 Å². The van der Waals surface area contributed by atoms with Crippen LogP contribution in [0.5, 0.6) is 0 Å². The second-order valence-electron chi connectivity index (χ2n) is 3.66. The summed E-state index contributed by atoms with van der Waals surface area (Å²) in [5, 5.41) is 0. The van der Waals surface area contributed by atoms with E-state index in [1.165, 1.54) is 0 Å². The largest absolute Gasteiger partial charge is 0.673 e. The highest BCUT2D eigenvalue weighted by Gasteiger charge is 2.20. The van der Waals surface area contributed by atoms with Gasteiger partial charge in [0, 0.05) is 0 Å². The van der Waals surface area contributed by atoms with Crippen LogP contribution in [-0.2, 0) is 13.6 Å². The van der Waals surface area contributed by atoms with Crippen molar-refractivity contribution in [2.24, 2.45) is 13.0 Å². The van der Waals surface area contributed by atoms with Crippen molar-refractivity contribution < 1.29 is 21.8 Å². The summed E-state index contributed by atoms with van der Waals surface area (Å²) in [5.74, 6) is 0.729. The number of nitrogens with zero attached hydrogens (tertiary/aromatic N) is 2. The molecule has 88 valence electrons. The third-order valence-corrected chi connectivity index (χ3v) is 1.40. The predicted molar refractivity (Wildman–Crippen MR) is 50.6 cm³/mol. The zero-order valence-corrected chi connectivity index (χ0v) is 9.00. The molecule has 0 saturated heterocycles. The van der Waals surface area contributed by atoms with Crippen molar-refractivity contribution in [1.82, 2.24) is 4.57 Å². The van der Waals surface area contributed by atoms with E-state index in [1.807, 2.05) is 7.05 Å². The minimum atomic E-state index is -6.00. The molecule has 0 aliphatic rings. The predicted octanol–water partition coefficient (Wildman–Crippen LogP) is 2.27. The second-order valence-corrected chi connectivity index (χ2v) is 3.66. The Labute approximate surface area is 86.6 Å². The first-order valence-electron chi connectivity index (χ1n) is 4.57. The lowest BCUT2D eigenvalue weighted by atomic mass is 10.2. The molecule has 2 nitrogen and oxygen atoms in total. The summed E-state index contributed by atoms with van der Waals surface area (Å²) >= 11 is 0. The standard InChI is InChI=1S/C8H15N2.BF4/c1-8(2)6-10-5-4-9(3)7-10;2-1(3,4)5/h4-5,7-8H,6H2,1-3H3;/q+1;-1. The summed E-state index contributed by atoms with van der Waals surface area (Å²) in [5.41, 5.74) is 0. The molecule has 0 unspecified atom stereocenters. The molecule has 0 bridgehead atoms. The fourth-order valence-electron chi connectivity index (χ4n) is 1.03. The summed E-state index contributed by atoms with van der Waals surface area (Å²) in [7, 11) is -3.96. The first-order valence-corrected chi connectivity index (χ1v) is 4.57. The van der Waals surface area contributed by atoms with Crippen molar-refractivity contribution in [3.63, 3.8) is 0 Å². The topological polar surface area (TPSA) is 8.81 Å². The molecule has 0 aliphatic heterocycles. The fourth-order valence-corrected chi connectivity index (χ4v) is 1.03. The van der Waals surface area contributed by atoms with Crippen molar-refractivity contribution in [2.45, 2.75) is 20.4 Å². The number of halogens is 4. The van der Waals surface area contributed by atoms with E-state index in [0.717, 1.165) is 12.5 Å². The van der Waals surface area contributed by atoms with Crippen molar-refractivity contribution in [1.29, 1.82) is 0 Å². The Balaban J connectivity index is 0.000000336. The molecule has 0 amide bonds. The van der Waals surface area contributed by atoms with Gasteiger partial charge in [0.2, 0.25) is 6.33 Å². The molecule has 0 aromatic carbocycles. The van der Waals surface area contributed by atoms with Crippen molar-refractivity contribution in [2.75, 3.05) is 0 Å². The van der Waals surface area contributed by atoms with E-state index in [0.29, 0.717) is 0 Å². The number of imidazole rings is 1. The van der Waals surface area contributed by atoms with Crippen molar-refractivity contribution in [3.8, 4) is 0 Å². The third-order valence-electron chi connectivity index (χ3n) is 1.40. The van der Waals surface area contributed by atoms with Crippen LogP contribution in [0.25, 0.3) is 0 Å². The van der Waals surface area contributed by atoms with Gasteiger partial charge in [-0.3, -0.25) is 0 Å². The Bertz CT molecular complexity index is 276. The monoisotopic (exact) mass is 226 g/mol. The molecule has 0 aliphatic carbocycles. The van der Waals surface area contributed by atoms with Gasteiger partial charge < -0.3 is 17.3 Å². The number of aromatic nitrogens is 2. The van der Waals surface area contributed by atoms with Gasteiger partial charge in [-0.25, -0.2) is 9.13 Å². The van der Waals surface area contributed by atoms with E-state index in [2.05, 4.69) is 41.7 Å². The zero-order chi connectivity index (χ0) is 12.1. The Morgan fingerprint density at radius 2 is 1.73 bits per heavy atom. The highest BCUT2D eigenvalue weighted by atomic mass is 19.5. The van der Waals surface area contributed by atoms with Crippen LogP contribution in [0.1, 0.15) is 13.8 Å². The Morgan fingerprint density at radius 1 is 1.27 bits per heavy atom. The maximum Gasteiger partial charge on any atom is 0.673 e. The Kier molecular flexibility index (Phi) is 5.39. The minimum absolute atomic E-state index is 0.729. The molecule has 0 spiro atoms. The van der Waals surface area contributed by atoms with Crippen molar-refractivity contribution >= 4 is 7.25 Å². The van der Waals surface area contributed by atoms with Crippen LogP contribution < -0.4 is 4.57 Å². The van der Waals surface area contributed by atoms with Gasteiger partial charge >= 0.3 is 7.25 Å². The molecule has 1 rings (SSSR count). The Hall–Kier alpha value is -1.01. The molecule has 1 aromatic rings. The maximum atomic E-state index is 9.75. The van der Waals surface area contributed by atoms with E-state index in [9.17, 15) is 17.3 Å². The molecule has 15 heavy (non-hydrogen) atoms. The van der Waals surface area contributed by atoms with Gasteiger partial charge in [0.15, 0.2) is 0 Å². The highest BCUT2D eigenvalue weighted by Crippen LogP contribution is 2.06. The molecule has 0 fully saturated rings. The molecule has 7 heteroatoms. The molecule has 0 atom stereocenters. The van der Waals surface area contributed by atoms with Gasteiger partial charge in [0.05, 0.1) is 13.6 Å². The number of rotatable bonds is 2. The van der Waals surface area contributed by atoms with Gasteiger partial charge in [-0.1, -0.05) is 13.8 Å². The van der Waals surface area contributed by atoms with E-state index >= 15 is 0 Å². The van der Waals surface area contributed by atoms with Gasteiger partial charge in [-0.2, -0.15) is 0 Å². The van der Waals surface area contributed by atoms with E-state index in [-0.39, 0.29) is 0 Å². The minimum Gasteiger partial charge on any atom is -0.418 e. The average Bonchev–Trinajstić information content (AvgIpc) is 2.29. The third kappa shape index (κ3) is 10.9. The van der Waals surface area contributed by atoms with E-state index in [4.69, 9.17) is 0 Å². The molecular weight excluding hydrogens is 211 g/mol. The summed E-state index contributed by atoms with van der Waals surface area (Å²) < 4.78 is 43.3. The molecule has 0 radical (unpaired) electrons. The van der Waals surface area contributed by atoms with Crippen LogP contribution in [0.4, 0.5) is 17.3 Å². The lowest BCUT2D eigenvalue weighted by Crippen LogP contribution is -2.24. The normalized spacial score (nSPS) is 11.2. The summed E-state index contributed by atoms with van der Waals surface area (Å²) in [6, 6.07) is 0. The van der Waals surface area contributed by atoms with Crippen LogP contribution >= 0.6 is 0 Å². The van der Waals surface area contributed by atoms with Crippen LogP contribution in [0.2, 0.25) is 0 Å². The molecule has 0 saturated carbocycles. The first kappa shape index (κ1) is 14.0. The summed E-state index contributed by atoms with van der Waals surface area (Å²) in [6.45, 7) is 5.56. The molecule has 0 N–H and O–H groups in total. The zero-order valence-electron chi connectivity index (χ0n) is 9.00. The molecule has 1 aromatic heterocycles. The van der Waals surface area contributed by atoms with Crippen LogP contribution in [0, 0.1) is 5.92 Å². The van der Waals surface area contributed by atoms with Gasteiger partial charge in [-0.15, -0.1) is 0 Å².